The number of benzene rings is 2. The van der Waals surface area contributed by atoms with Crippen molar-refractivity contribution in [1.82, 2.24) is 16.0 Å². The molecule has 5 nitrogen and oxygen atoms in total. The van der Waals surface area contributed by atoms with E-state index in [0.717, 1.165) is 13.0 Å². The van der Waals surface area contributed by atoms with Gasteiger partial charge in [0, 0.05) is 20.1 Å². The van der Waals surface area contributed by atoms with Gasteiger partial charge in [0.2, 0.25) is 5.91 Å². The lowest BCUT2D eigenvalue weighted by Crippen LogP contribution is -2.44. The van der Waals surface area contributed by atoms with E-state index in [-0.39, 0.29) is 36.4 Å². The van der Waals surface area contributed by atoms with Gasteiger partial charge in [-0.1, -0.05) is 67.1 Å². The summed E-state index contributed by atoms with van der Waals surface area (Å²) in [6.07, 6.45) is 0.827. The number of hydrogen-bond acceptors (Lipinski definition) is 2. The zero-order valence-corrected chi connectivity index (χ0v) is 19.2. The van der Waals surface area contributed by atoms with Gasteiger partial charge < -0.3 is 16.0 Å². The maximum atomic E-state index is 12.0. The molecule has 0 heterocycles. The average molecular weight is 494 g/mol. The largest absolute Gasteiger partial charge is 0.356 e. The van der Waals surface area contributed by atoms with E-state index in [1.807, 2.05) is 18.2 Å². The highest BCUT2D eigenvalue weighted by Crippen LogP contribution is 2.15. The third-order valence-electron chi connectivity index (χ3n) is 4.41. The van der Waals surface area contributed by atoms with Crippen LogP contribution in [0.2, 0.25) is 0 Å². The van der Waals surface area contributed by atoms with Crippen LogP contribution in [0.1, 0.15) is 29.5 Å². The van der Waals surface area contributed by atoms with Crippen LogP contribution >= 0.6 is 24.0 Å². The van der Waals surface area contributed by atoms with Gasteiger partial charge in [-0.2, -0.15) is 0 Å². The van der Waals surface area contributed by atoms with Crippen molar-refractivity contribution < 1.29 is 4.79 Å². The number of amides is 1. The van der Waals surface area contributed by atoms with E-state index in [4.69, 9.17) is 0 Å². The molecule has 2 aromatic carbocycles. The van der Waals surface area contributed by atoms with Crippen molar-refractivity contribution in [3.8, 4) is 0 Å². The molecule has 152 valence electrons. The third kappa shape index (κ3) is 8.73. The molecule has 2 rings (SSSR count). The van der Waals surface area contributed by atoms with Crippen molar-refractivity contribution in [2.45, 2.75) is 26.2 Å². The molecular weight excluding hydrogens is 463 g/mol. The molecule has 0 radical (unpaired) electrons. The summed E-state index contributed by atoms with van der Waals surface area (Å²) < 4.78 is 0. The van der Waals surface area contributed by atoms with Gasteiger partial charge in [-0.05, 0) is 30.4 Å². The van der Waals surface area contributed by atoms with E-state index < -0.39 is 0 Å². The van der Waals surface area contributed by atoms with E-state index in [9.17, 15) is 4.79 Å². The molecule has 0 saturated carbocycles. The van der Waals surface area contributed by atoms with Crippen LogP contribution in [0, 0.1) is 6.92 Å². The molecule has 0 aliphatic rings. The minimum absolute atomic E-state index is 0. The molecule has 0 bridgehead atoms. The van der Waals surface area contributed by atoms with Gasteiger partial charge >= 0.3 is 0 Å². The Kier molecular flexibility index (Phi) is 11.2. The van der Waals surface area contributed by atoms with Crippen molar-refractivity contribution >= 4 is 35.8 Å². The van der Waals surface area contributed by atoms with Gasteiger partial charge in [0.1, 0.15) is 0 Å². The Balaban J connectivity index is 0.00000392. The molecule has 28 heavy (non-hydrogen) atoms. The van der Waals surface area contributed by atoms with E-state index in [1.54, 1.807) is 7.05 Å². The first-order valence-electron chi connectivity index (χ1n) is 9.40. The number of hydrogen-bond donors (Lipinski definition) is 3. The molecule has 0 fully saturated rings. The molecule has 0 spiro atoms. The van der Waals surface area contributed by atoms with Gasteiger partial charge in [0.15, 0.2) is 5.96 Å². The minimum Gasteiger partial charge on any atom is -0.356 e. The first kappa shape index (κ1) is 23.9. The number of rotatable bonds is 8. The van der Waals surface area contributed by atoms with Crippen molar-refractivity contribution in [2.75, 3.05) is 26.7 Å². The van der Waals surface area contributed by atoms with E-state index in [1.165, 1.54) is 16.7 Å². The number of aliphatic imine (C=N–C) groups is 1. The number of carbonyl (C=O) groups excluding carboxylic acids is 1. The lowest BCUT2D eigenvalue weighted by Gasteiger charge is -2.16. The van der Waals surface area contributed by atoms with Gasteiger partial charge in [-0.15, -0.1) is 24.0 Å². The Labute approximate surface area is 185 Å². The van der Waals surface area contributed by atoms with Crippen molar-refractivity contribution in [3.05, 3.63) is 71.3 Å². The predicted molar refractivity (Wildman–Crippen MR) is 128 cm³/mol. The summed E-state index contributed by atoms with van der Waals surface area (Å²) in [4.78, 5) is 16.2. The number of guanidine groups is 1. The predicted octanol–water partition coefficient (Wildman–Crippen LogP) is 3.24. The quantitative estimate of drug-likeness (QED) is 0.300. The summed E-state index contributed by atoms with van der Waals surface area (Å²) in [5.74, 6) is 0.941. The Hall–Kier alpha value is -2.09. The van der Waals surface area contributed by atoms with Crippen LogP contribution in [0.4, 0.5) is 0 Å². The summed E-state index contributed by atoms with van der Waals surface area (Å²) in [6, 6.07) is 18.6. The average Bonchev–Trinajstić information content (AvgIpc) is 2.68. The smallest absolute Gasteiger partial charge is 0.239 e. The lowest BCUT2D eigenvalue weighted by atomic mass is 9.99. The van der Waals surface area contributed by atoms with Gasteiger partial charge in [0.05, 0.1) is 6.54 Å². The number of nitrogens with zero attached hydrogens (tertiary/aromatic N) is 1. The third-order valence-corrected chi connectivity index (χ3v) is 4.41. The zero-order chi connectivity index (χ0) is 19.5. The number of halogens is 1. The van der Waals surface area contributed by atoms with E-state index >= 15 is 0 Å². The van der Waals surface area contributed by atoms with Gasteiger partial charge in [-0.25, -0.2) is 0 Å². The van der Waals surface area contributed by atoms with Crippen molar-refractivity contribution in [1.29, 1.82) is 0 Å². The molecule has 2 aromatic rings. The highest BCUT2D eigenvalue weighted by molar-refractivity contribution is 14.0. The maximum absolute atomic E-state index is 12.0. The van der Waals surface area contributed by atoms with Gasteiger partial charge in [-0.3, -0.25) is 9.79 Å². The monoisotopic (exact) mass is 494 g/mol. The minimum atomic E-state index is -0.0411. The molecule has 3 N–H and O–H groups in total. The van der Waals surface area contributed by atoms with Crippen LogP contribution in [0.3, 0.4) is 0 Å². The zero-order valence-electron chi connectivity index (χ0n) is 16.9. The Bertz CT molecular complexity index is 749. The lowest BCUT2D eigenvalue weighted by molar-refractivity contribution is -0.119. The molecule has 1 atom stereocenters. The highest BCUT2D eigenvalue weighted by Gasteiger charge is 2.08. The second kappa shape index (κ2) is 13.1. The topological polar surface area (TPSA) is 65.5 Å². The number of nitrogens with one attached hydrogen (secondary N) is 3. The van der Waals surface area contributed by atoms with Crippen LogP contribution in [-0.2, 0) is 11.2 Å². The fourth-order valence-corrected chi connectivity index (χ4v) is 2.78. The summed E-state index contributed by atoms with van der Waals surface area (Å²) >= 11 is 0. The van der Waals surface area contributed by atoms with Crippen LogP contribution in [0.25, 0.3) is 0 Å². The summed E-state index contributed by atoms with van der Waals surface area (Å²) in [6.45, 7) is 5.85. The van der Waals surface area contributed by atoms with Crippen LogP contribution in [0.15, 0.2) is 59.6 Å². The van der Waals surface area contributed by atoms with Crippen LogP contribution in [-0.4, -0.2) is 38.5 Å². The molecule has 0 aliphatic carbocycles. The van der Waals surface area contributed by atoms with Crippen molar-refractivity contribution in [3.63, 3.8) is 0 Å². The molecule has 0 aromatic heterocycles. The summed E-state index contributed by atoms with van der Waals surface area (Å²) in [5.41, 5.74) is 3.76. The van der Waals surface area contributed by atoms with Gasteiger partial charge in [0.25, 0.3) is 0 Å². The molecule has 0 aliphatic heterocycles. The normalized spacial score (nSPS) is 11.9. The summed E-state index contributed by atoms with van der Waals surface area (Å²) in [5, 5.41) is 9.27. The summed E-state index contributed by atoms with van der Waals surface area (Å²) in [7, 11) is 1.71. The Morgan fingerprint density at radius 2 is 1.79 bits per heavy atom. The SMILES string of the molecule is CN=C(NCC(=O)NCCc1ccccc1)NCC(C)c1cccc(C)c1.I. The molecular formula is C22H31IN4O. The molecule has 0 saturated heterocycles. The fraction of sp³-hybridized carbons (Fsp3) is 0.364. The second-order valence-electron chi connectivity index (χ2n) is 6.71. The first-order valence-corrected chi connectivity index (χ1v) is 9.40. The molecule has 1 amide bonds. The molecule has 6 heteroatoms. The van der Waals surface area contributed by atoms with Crippen LogP contribution < -0.4 is 16.0 Å². The number of carbonyl (C=O) groups is 1. The van der Waals surface area contributed by atoms with Crippen molar-refractivity contribution in [2.24, 2.45) is 4.99 Å². The Morgan fingerprint density at radius 1 is 1.04 bits per heavy atom. The number of aryl methyl sites for hydroxylation is 1. The fourth-order valence-electron chi connectivity index (χ4n) is 2.78. The van der Waals surface area contributed by atoms with E-state index in [0.29, 0.717) is 18.4 Å². The Morgan fingerprint density at radius 3 is 2.46 bits per heavy atom. The highest BCUT2D eigenvalue weighted by atomic mass is 127. The second-order valence-corrected chi connectivity index (χ2v) is 6.71. The van der Waals surface area contributed by atoms with E-state index in [2.05, 4.69) is 71.2 Å². The first-order chi connectivity index (χ1) is 13.1. The van der Waals surface area contributed by atoms with Crippen LogP contribution in [0.5, 0.6) is 0 Å². The maximum Gasteiger partial charge on any atom is 0.239 e. The standard InChI is InChI=1S/C22H30N4O.HI/c1-17-8-7-11-20(14-17)18(2)15-25-22(23-3)26-16-21(27)24-13-12-19-9-5-4-6-10-19;/h4-11,14,18H,12-13,15-16H2,1-3H3,(H,24,27)(H2,23,25,26);1H. The molecule has 1 unspecified atom stereocenters.